The molecule has 0 unspecified atom stereocenters. The average molecular weight is 376 g/mol. The Morgan fingerprint density at radius 3 is 2.48 bits per heavy atom. The number of piperidine rings is 1. The summed E-state index contributed by atoms with van der Waals surface area (Å²) in [5, 5.41) is 2.64. The second-order valence-electron chi connectivity index (χ2n) is 7.11. The van der Waals surface area contributed by atoms with Crippen molar-refractivity contribution in [1.82, 2.24) is 4.90 Å². The van der Waals surface area contributed by atoms with Crippen LogP contribution in [0, 0.1) is 12.8 Å². The first-order valence-electron chi connectivity index (χ1n) is 9.07. The van der Waals surface area contributed by atoms with E-state index in [1.807, 2.05) is 6.07 Å². The number of carbonyl (C=O) groups is 1. The molecule has 0 radical (unpaired) electrons. The molecule has 1 amide bonds. The van der Waals surface area contributed by atoms with Gasteiger partial charge in [0.05, 0.1) is 5.56 Å². The Hall–Kier alpha value is -2.34. The van der Waals surface area contributed by atoms with Gasteiger partial charge in [0.1, 0.15) is 0 Å². The molecule has 0 bridgehead atoms. The third-order valence-electron chi connectivity index (χ3n) is 4.90. The minimum absolute atomic E-state index is 0.173. The minimum atomic E-state index is -4.41. The Bertz CT molecular complexity index is 796. The minimum Gasteiger partial charge on any atom is -0.326 e. The number of alkyl halides is 3. The van der Waals surface area contributed by atoms with Crippen LogP contribution in [0.15, 0.2) is 48.5 Å². The highest BCUT2D eigenvalue weighted by Gasteiger charge is 2.31. The lowest BCUT2D eigenvalue weighted by atomic mass is 9.95. The van der Waals surface area contributed by atoms with Crippen molar-refractivity contribution in [2.45, 2.75) is 32.5 Å². The van der Waals surface area contributed by atoms with Gasteiger partial charge in [0.25, 0.3) is 0 Å². The van der Waals surface area contributed by atoms with Gasteiger partial charge in [0, 0.05) is 18.2 Å². The molecule has 2 aromatic carbocycles. The van der Waals surface area contributed by atoms with Crippen LogP contribution in [-0.4, -0.2) is 23.9 Å². The van der Waals surface area contributed by atoms with E-state index < -0.39 is 11.7 Å². The highest BCUT2D eigenvalue weighted by molar-refractivity contribution is 5.92. The SMILES string of the molecule is Cc1cccc(CN2CCC(C(=O)Nc3cccc(C(F)(F)F)c3)CC2)c1. The molecule has 6 heteroatoms. The molecular formula is C21H23F3N2O. The van der Waals surface area contributed by atoms with E-state index in [-0.39, 0.29) is 17.5 Å². The molecular weight excluding hydrogens is 353 g/mol. The number of rotatable bonds is 4. The van der Waals surface area contributed by atoms with Crippen LogP contribution in [0.5, 0.6) is 0 Å². The van der Waals surface area contributed by atoms with Gasteiger partial charge >= 0.3 is 6.18 Å². The molecule has 27 heavy (non-hydrogen) atoms. The van der Waals surface area contributed by atoms with E-state index in [1.165, 1.54) is 23.3 Å². The van der Waals surface area contributed by atoms with Gasteiger partial charge in [-0.3, -0.25) is 9.69 Å². The zero-order valence-corrected chi connectivity index (χ0v) is 15.2. The molecule has 1 heterocycles. The Kier molecular flexibility index (Phi) is 5.85. The number of amides is 1. The summed E-state index contributed by atoms with van der Waals surface area (Å²) in [7, 11) is 0. The summed E-state index contributed by atoms with van der Waals surface area (Å²) < 4.78 is 38.4. The van der Waals surface area contributed by atoms with Crippen LogP contribution < -0.4 is 5.32 Å². The van der Waals surface area contributed by atoms with Crippen LogP contribution in [0.2, 0.25) is 0 Å². The van der Waals surface area contributed by atoms with Crippen molar-refractivity contribution in [2.24, 2.45) is 5.92 Å². The number of hydrogen-bond acceptors (Lipinski definition) is 2. The molecule has 3 rings (SSSR count). The number of benzene rings is 2. The van der Waals surface area contributed by atoms with Crippen LogP contribution in [-0.2, 0) is 17.5 Å². The fourth-order valence-corrected chi connectivity index (χ4v) is 3.44. The van der Waals surface area contributed by atoms with Crippen LogP contribution >= 0.6 is 0 Å². The molecule has 0 aliphatic carbocycles. The maximum Gasteiger partial charge on any atom is 0.416 e. The molecule has 0 atom stereocenters. The number of likely N-dealkylation sites (tertiary alicyclic amines) is 1. The van der Waals surface area contributed by atoms with Crippen molar-refractivity contribution in [3.8, 4) is 0 Å². The molecule has 144 valence electrons. The van der Waals surface area contributed by atoms with Crippen molar-refractivity contribution < 1.29 is 18.0 Å². The summed E-state index contributed by atoms with van der Waals surface area (Å²) in [4.78, 5) is 14.7. The predicted octanol–water partition coefficient (Wildman–Crippen LogP) is 4.86. The lowest BCUT2D eigenvalue weighted by Gasteiger charge is -2.31. The monoisotopic (exact) mass is 376 g/mol. The van der Waals surface area contributed by atoms with Crippen molar-refractivity contribution in [3.05, 3.63) is 65.2 Å². The van der Waals surface area contributed by atoms with Gasteiger partial charge in [0.15, 0.2) is 0 Å². The molecule has 0 aromatic heterocycles. The fraction of sp³-hybridized carbons (Fsp3) is 0.381. The normalized spacial score (nSPS) is 16.3. The number of nitrogens with zero attached hydrogens (tertiary/aromatic N) is 1. The van der Waals surface area contributed by atoms with Gasteiger partial charge in [-0.2, -0.15) is 13.2 Å². The third-order valence-corrected chi connectivity index (χ3v) is 4.90. The lowest BCUT2D eigenvalue weighted by molar-refractivity contribution is -0.137. The van der Waals surface area contributed by atoms with Gasteiger partial charge in [0.2, 0.25) is 5.91 Å². The number of carbonyl (C=O) groups excluding carboxylic acids is 1. The zero-order chi connectivity index (χ0) is 19.4. The van der Waals surface area contributed by atoms with Gasteiger partial charge in [-0.05, 0) is 56.6 Å². The van der Waals surface area contributed by atoms with Gasteiger partial charge in [-0.1, -0.05) is 35.9 Å². The van der Waals surface area contributed by atoms with Crippen molar-refractivity contribution >= 4 is 11.6 Å². The lowest BCUT2D eigenvalue weighted by Crippen LogP contribution is -2.37. The molecule has 1 aliphatic heterocycles. The van der Waals surface area contributed by atoms with E-state index in [4.69, 9.17) is 0 Å². The smallest absolute Gasteiger partial charge is 0.326 e. The first-order valence-corrected chi connectivity index (χ1v) is 9.07. The molecule has 1 aliphatic rings. The van der Waals surface area contributed by atoms with E-state index in [1.54, 1.807) is 0 Å². The summed E-state index contributed by atoms with van der Waals surface area (Å²) in [6.07, 6.45) is -3.00. The summed E-state index contributed by atoms with van der Waals surface area (Å²) in [5.74, 6) is -0.377. The Balaban J connectivity index is 1.53. The molecule has 0 spiro atoms. The topological polar surface area (TPSA) is 32.3 Å². The summed E-state index contributed by atoms with van der Waals surface area (Å²) in [6, 6.07) is 13.1. The first kappa shape index (κ1) is 19.4. The molecule has 1 N–H and O–H groups in total. The molecule has 2 aromatic rings. The van der Waals surface area contributed by atoms with Crippen molar-refractivity contribution in [2.75, 3.05) is 18.4 Å². The van der Waals surface area contributed by atoms with Crippen LogP contribution in [0.3, 0.4) is 0 Å². The van der Waals surface area contributed by atoms with Gasteiger partial charge < -0.3 is 5.32 Å². The fourth-order valence-electron chi connectivity index (χ4n) is 3.44. The Morgan fingerprint density at radius 2 is 1.81 bits per heavy atom. The summed E-state index contributed by atoms with van der Waals surface area (Å²) in [5.41, 5.74) is 1.91. The molecule has 3 nitrogen and oxygen atoms in total. The Morgan fingerprint density at radius 1 is 1.11 bits per heavy atom. The van der Waals surface area contributed by atoms with Crippen LogP contribution in [0.25, 0.3) is 0 Å². The largest absolute Gasteiger partial charge is 0.416 e. The number of nitrogens with one attached hydrogen (secondary N) is 1. The third kappa shape index (κ3) is 5.32. The second kappa shape index (κ2) is 8.13. The molecule has 0 saturated carbocycles. The van der Waals surface area contributed by atoms with Gasteiger partial charge in [-0.15, -0.1) is 0 Å². The van der Waals surface area contributed by atoms with Gasteiger partial charge in [-0.25, -0.2) is 0 Å². The first-order chi connectivity index (χ1) is 12.8. The van der Waals surface area contributed by atoms with E-state index in [2.05, 4.69) is 35.3 Å². The maximum atomic E-state index is 12.8. The van der Waals surface area contributed by atoms with Crippen molar-refractivity contribution in [1.29, 1.82) is 0 Å². The van der Waals surface area contributed by atoms with Crippen LogP contribution in [0.4, 0.5) is 18.9 Å². The predicted molar refractivity (Wildman–Crippen MR) is 99.3 cm³/mol. The standard InChI is InChI=1S/C21H23F3N2O/c1-15-4-2-5-16(12-15)14-26-10-8-17(9-11-26)20(27)25-19-7-3-6-18(13-19)21(22,23)24/h2-7,12-13,17H,8-11,14H2,1H3,(H,25,27). The van der Waals surface area contributed by atoms with E-state index >= 15 is 0 Å². The molecule has 1 saturated heterocycles. The number of hydrogen-bond donors (Lipinski definition) is 1. The van der Waals surface area contributed by atoms with E-state index in [9.17, 15) is 18.0 Å². The quantitative estimate of drug-likeness (QED) is 0.826. The van der Waals surface area contributed by atoms with E-state index in [0.717, 1.165) is 31.8 Å². The van der Waals surface area contributed by atoms with Crippen molar-refractivity contribution in [3.63, 3.8) is 0 Å². The highest BCUT2D eigenvalue weighted by Crippen LogP contribution is 2.31. The number of aryl methyl sites for hydroxylation is 1. The highest BCUT2D eigenvalue weighted by atomic mass is 19.4. The number of halogens is 3. The second-order valence-corrected chi connectivity index (χ2v) is 7.11. The Labute approximate surface area is 157 Å². The van der Waals surface area contributed by atoms with E-state index in [0.29, 0.717) is 12.8 Å². The summed E-state index contributed by atoms with van der Waals surface area (Å²) >= 11 is 0. The summed E-state index contributed by atoms with van der Waals surface area (Å²) in [6.45, 7) is 4.51. The number of anilines is 1. The average Bonchev–Trinajstić information content (AvgIpc) is 2.62. The maximum absolute atomic E-state index is 12.8. The molecule has 1 fully saturated rings. The zero-order valence-electron chi connectivity index (χ0n) is 15.2. The van der Waals surface area contributed by atoms with Crippen LogP contribution in [0.1, 0.15) is 29.5 Å².